The lowest BCUT2D eigenvalue weighted by Gasteiger charge is -2.27. The maximum atomic E-state index is 12.8. The van der Waals surface area contributed by atoms with Crippen LogP contribution in [0.5, 0.6) is 11.5 Å². The van der Waals surface area contributed by atoms with Crippen LogP contribution in [0.4, 0.5) is 0 Å². The van der Waals surface area contributed by atoms with E-state index in [0.717, 1.165) is 15.4 Å². The molecule has 29 heavy (non-hydrogen) atoms. The quantitative estimate of drug-likeness (QED) is 0.609. The van der Waals surface area contributed by atoms with Crippen molar-refractivity contribution in [2.24, 2.45) is 0 Å². The Kier molecular flexibility index (Phi) is 4.86. The molecule has 7 heteroatoms. The molecule has 0 N–H and O–H groups in total. The normalized spacial score (nSPS) is 13.3. The number of esters is 1. The molecule has 0 saturated heterocycles. The van der Waals surface area contributed by atoms with Gasteiger partial charge in [0.2, 0.25) is 10.0 Å². The fourth-order valence-electron chi connectivity index (χ4n) is 3.14. The second kappa shape index (κ2) is 7.35. The molecule has 3 aromatic rings. The minimum Gasteiger partial charge on any atom is -0.456 e. The predicted molar refractivity (Wildman–Crippen MR) is 108 cm³/mol. The third-order valence-electron chi connectivity index (χ3n) is 4.72. The molecule has 0 saturated carbocycles. The Morgan fingerprint density at radius 2 is 1.38 bits per heavy atom. The molecule has 1 aliphatic rings. The fourth-order valence-corrected chi connectivity index (χ4v) is 4.04. The van der Waals surface area contributed by atoms with Gasteiger partial charge in [-0.2, -0.15) is 0 Å². The van der Waals surface area contributed by atoms with E-state index >= 15 is 0 Å². The highest BCUT2D eigenvalue weighted by Crippen LogP contribution is 2.44. The van der Waals surface area contributed by atoms with E-state index in [9.17, 15) is 13.2 Å². The number of carbonyl (C=O) groups excluding carboxylic acids is 1. The van der Waals surface area contributed by atoms with Crippen LogP contribution in [-0.2, 0) is 14.8 Å². The zero-order chi connectivity index (χ0) is 20.6. The zero-order valence-electron chi connectivity index (χ0n) is 15.9. The Balaban J connectivity index is 1.64. The van der Waals surface area contributed by atoms with Crippen molar-refractivity contribution in [2.75, 3.05) is 14.1 Å². The zero-order valence-corrected chi connectivity index (χ0v) is 16.7. The Morgan fingerprint density at radius 3 is 1.90 bits per heavy atom. The molecule has 0 unspecified atom stereocenters. The summed E-state index contributed by atoms with van der Waals surface area (Å²) >= 11 is 0. The Morgan fingerprint density at radius 1 is 0.862 bits per heavy atom. The molecular formula is C22H19NO5S. The van der Waals surface area contributed by atoms with E-state index in [1.165, 1.54) is 38.4 Å². The van der Waals surface area contributed by atoms with E-state index in [1.807, 2.05) is 48.5 Å². The summed E-state index contributed by atoms with van der Waals surface area (Å²) in [7, 11) is -0.650. The van der Waals surface area contributed by atoms with Crippen LogP contribution in [0, 0.1) is 0 Å². The summed E-state index contributed by atoms with van der Waals surface area (Å²) in [5, 5.41) is 0. The SMILES string of the molecule is CN(C)S(=O)(=O)c1ccc(C(=O)OC2c3ccccc3Oc3ccccc32)cc1. The van der Waals surface area contributed by atoms with E-state index in [-0.39, 0.29) is 10.5 Å². The molecular weight excluding hydrogens is 390 g/mol. The summed E-state index contributed by atoms with van der Waals surface area (Å²) in [6.45, 7) is 0. The number of hydrogen-bond donors (Lipinski definition) is 0. The number of carbonyl (C=O) groups is 1. The number of benzene rings is 3. The van der Waals surface area contributed by atoms with Crippen molar-refractivity contribution < 1.29 is 22.7 Å². The summed E-state index contributed by atoms with van der Waals surface area (Å²) in [5.74, 6) is 0.725. The van der Waals surface area contributed by atoms with Crippen LogP contribution in [0.3, 0.4) is 0 Å². The molecule has 4 rings (SSSR count). The summed E-state index contributed by atoms with van der Waals surface area (Å²) < 4.78 is 37.3. The summed E-state index contributed by atoms with van der Waals surface area (Å²) in [6, 6.07) is 20.5. The average Bonchev–Trinajstić information content (AvgIpc) is 2.73. The first-order chi connectivity index (χ1) is 13.9. The molecule has 0 bridgehead atoms. The molecule has 0 radical (unpaired) electrons. The minimum absolute atomic E-state index is 0.112. The third-order valence-corrected chi connectivity index (χ3v) is 6.55. The van der Waals surface area contributed by atoms with Gasteiger partial charge in [0.05, 0.1) is 10.5 Å². The molecule has 0 aromatic heterocycles. The van der Waals surface area contributed by atoms with Gasteiger partial charge in [-0.1, -0.05) is 36.4 Å². The van der Waals surface area contributed by atoms with Crippen LogP contribution in [0.2, 0.25) is 0 Å². The number of fused-ring (bicyclic) bond motifs is 2. The Bertz CT molecular complexity index is 1120. The standard InChI is InChI=1S/C22H19NO5S/c1-23(2)29(25,26)16-13-11-15(12-14-16)22(24)28-21-17-7-3-5-9-19(17)27-20-10-6-4-8-18(20)21/h3-14,21H,1-2H3. The molecule has 1 heterocycles. The van der Waals surface area contributed by atoms with Crippen molar-refractivity contribution in [1.29, 1.82) is 0 Å². The lowest BCUT2D eigenvalue weighted by atomic mass is 9.97. The molecule has 6 nitrogen and oxygen atoms in total. The second-order valence-corrected chi connectivity index (χ2v) is 8.93. The highest BCUT2D eigenvalue weighted by Gasteiger charge is 2.30. The first-order valence-corrected chi connectivity index (χ1v) is 10.4. The number of nitrogens with zero attached hydrogens (tertiary/aromatic N) is 1. The Labute approximate surface area is 169 Å². The topological polar surface area (TPSA) is 72.9 Å². The summed E-state index contributed by atoms with van der Waals surface area (Å²) in [5.41, 5.74) is 1.78. The van der Waals surface area contributed by atoms with E-state index in [2.05, 4.69) is 0 Å². The number of sulfonamides is 1. The van der Waals surface area contributed by atoms with Crippen LogP contribution in [-0.4, -0.2) is 32.8 Å². The highest BCUT2D eigenvalue weighted by molar-refractivity contribution is 7.89. The lowest BCUT2D eigenvalue weighted by Crippen LogP contribution is -2.22. The van der Waals surface area contributed by atoms with Crippen molar-refractivity contribution >= 4 is 16.0 Å². The van der Waals surface area contributed by atoms with Crippen LogP contribution in [0.15, 0.2) is 77.7 Å². The Hall–Kier alpha value is -3.16. The van der Waals surface area contributed by atoms with E-state index in [1.54, 1.807) is 0 Å². The van der Waals surface area contributed by atoms with Gasteiger partial charge in [-0.15, -0.1) is 0 Å². The van der Waals surface area contributed by atoms with Crippen LogP contribution in [0.1, 0.15) is 27.6 Å². The van der Waals surface area contributed by atoms with E-state index in [4.69, 9.17) is 9.47 Å². The monoisotopic (exact) mass is 409 g/mol. The maximum absolute atomic E-state index is 12.8. The number of ether oxygens (including phenoxy) is 2. The van der Waals surface area contributed by atoms with Crippen LogP contribution < -0.4 is 4.74 Å². The van der Waals surface area contributed by atoms with Gasteiger partial charge >= 0.3 is 5.97 Å². The minimum atomic E-state index is -3.56. The molecule has 0 amide bonds. The van der Waals surface area contributed by atoms with Gasteiger partial charge in [0, 0.05) is 25.2 Å². The largest absolute Gasteiger partial charge is 0.456 e. The summed E-state index contributed by atoms with van der Waals surface area (Å²) in [4.78, 5) is 12.9. The molecule has 0 aliphatic carbocycles. The van der Waals surface area contributed by atoms with Gasteiger partial charge in [0.15, 0.2) is 6.10 Å². The average molecular weight is 409 g/mol. The molecule has 1 aliphatic heterocycles. The maximum Gasteiger partial charge on any atom is 0.339 e. The first kappa shape index (κ1) is 19.2. The van der Waals surface area contributed by atoms with Crippen molar-refractivity contribution in [3.05, 3.63) is 89.5 Å². The van der Waals surface area contributed by atoms with Gasteiger partial charge in [0.25, 0.3) is 0 Å². The number of hydrogen-bond acceptors (Lipinski definition) is 5. The highest BCUT2D eigenvalue weighted by atomic mass is 32.2. The summed E-state index contributed by atoms with van der Waals surface area (Å²) in [6.07, 6.45) is -0.617. The molecule has 3 aromatic carbocycles. The van der Waals surface area contributed by atoms with Crippen molar-refractivity contribution in [3.8, 4) is 11.5 Å². The van der Waals surface area contributed by atoms with Gasteiger partial charge in [-0.05, 0) is 36.4 Å². The van der Waals surface area contributed by atoms with Crippen molar-refractivity contribution in [3.63, 3.8) is 0 Å². The smallest absolute Gasteiger partial charge is 0.339 e. The van der Waals surface area contributed by atoms with Gasteiger partial charge in [-0.3, -0.25) is 0 Å². The van der Waals surface area contributed by atoms with Gasteiger partial charge in [0.1, 0.15) is 11.5 Å². The van der Waals surface area contributed by atoms with Gasteiger partial charge < -0.3 is 9.47 Å². The van der Waals surface area contributed by atoms with Crippen molar-refractivity contribution in [2.45, 2.75) is 11.0 Å². The van der Waals surface area contributed by atoms with E-state index in [0.29, 0.717) is 11.5 Å². The predicted octanol–water partition coefficient (Wildman–Crippen LogP) is 3.99. The number of para-hydroxylation sites is 2. The molecule has 0 atom stereocenters. The fraction of sp³-hybridized carbons (Fsp3) is 0.136. The molecule has 148 valence electrons. The first-order valence-electron chi connectivity index (χ1n) is 8.97. The third kappa shape index (κ3) is 3.50. The second-order valence-electron chi connectivity index (χ2n) is 6.77. The molecule has 0 fully saturated rings. The van der Waals surface area contributed by atoms with Crippen molar-refractivity contribution in [1.82, 2.24) is 4.31 Å². The van der Waals surface area contributed by atoms with E-state index < -0.39 is 22.1 Å². The molecule has 0 spiro atoms. The number of rotatable bonds is 4. The van der Waals surface area contributed by atoms with Gasteiger partial charge in [-0.25, -0.2) is 17.5 Å². The van der Waals surface area contributed by atoms with Crippen LogP contribution >= 0.6 is 0 Å². The van der Waals surface area contributed by atoms with Crippen LogP contribution in [0.25, 0.3) is 0 Å². The lowest BCUT2D eigenvalue weighted by molar-refractivity contribution is 0.0362.